The summed E-state index contributed by atoms with van der Waals surface area (Å²) in [6.45, 7) is 1.38. The smallest absolute Gasteiger partial charge is 0.283 e. The Labute approximate surface area is 113 Å². The molecule has 0 aliphatic heterocycles. The number of furan rings is 1. The Morgan fingerprint density at radius 1 is 1.42 bits per heavy atom. The van der Waals surface area contributed by atoms with Gasteiger partial charge in [0.25, 0.3) is 5.69 Å². The summed E-state index contributed by atoms with van der Waals surface area (Å²) in [7, 11) is 0. The number of carbonyl (C=O) groups is 1. The molecule has 5 nitrogen and oxygen atoms in total. The Balaban J connectivity index is 2.24. The van der Waals surface area contributed by atoms with Crippen LogP contribution in [0.5, 0.6) is 0 Å². The van der Waals surface area contributed by atoms with Gasteiger partial charge in [0.2, 0.25) is 0 Å². The van der Waals surface area contributed by atoms with Crippen molar-refractivity contribution in [3.63, 3.8) is 0 Å². The van der Waals surface area contributed by atoms with E-state index in [1.54, 1.807) is 24.5 Å². The Bertz CT molecular complexity index is 607. The van der Waals surface area contributed by atoms with Gasteiger partial charge in [-0.25, -0.2) is 0 Å². The number of hydrogen-bond donors (Lipinski definition) is 0. The number of hydrogen-bond acceptors (Lipinski definition) is 5. The predicted octanol–water partition coefficient (Wildman–Crippen LogP) is 3.68. The lowest BCUT2D eigenvalue weighted by Crippen LogP contribution is -1.97. The molecule has 0 amide bonds. The summed E-state index contributed by atoms with van der Waals surface area (Å²) in [5.41, 5.74) is 0.290. The van der Waals surface area contributed by atoms with Gasteiger partial charge in [0, 0.05) is 11.6 Å². The molecule has 0 saturated carbocycles. The van der Waals surface area contributed by atoms with Crippen molar-refractivity contribution in [3.05, 3.63) is 58.0 Å². The van der Waals surface area contributed by atoms with Crippen LogP contribution in [0.15, 0.2) is 45.9 Å². The number of nitro benzene ring substituents is 1. The van der Waals surface area contributed by atoms with E-state index in [1.165, 1.54) is 24.8 Å². The molecule has 0 fully saturated rings. The Morgan fingerprint density at radius 3 is 2.79 bits per heavy atom. The molecule has 0 atom stereocenters. The van der Waals surface area contributed by atoms with Crippen molar-refractivity contribution in [1.82, 2.24) is 0 Å². The molecule has 1 heterocycles. The minimum Gasteiger partial charge on any atom is -0.468 e. The second-order valence-corrected chi connectivity index (χ2v) is 4.88. The molecular weight excluding hydrogens is 266 g/mol. The quantitative estimate of drug-likeness (QED) is 0.361. The van der Waals surface area contributed by atoms with Crippen molar-refractivity contribution in [2.75, 3.05) is 0 Å². The van der Waals surface area contributed by atoms with Gasteiger partial charge in [-0.05, 0) is 31.2 Å². The molecule has 0 spiro atoms. The second kappa shape index (κ2) is 5.71. The van der Waals surface area contributed by atoms with Crippen LogP contribution in [0.25, 0.3) is 0 Å². The van der Waals surface area contributed by atoms with Crippen molar-refractivity contribution in [2.45, 2.75) is 17.6 Å². The Hall–Kier alpha value is -2.08. The Morgan fingerprint density at radius 2 is 2.21 bits per heavy atom. The highest BCUT2D eigenvalue weighted by atomic mass is 32.2. The zero-order valence-corrected chi connectivity index (χ0v) is 11.0. The topological polar surface area (TPSA) is 73.3 Å². The van der Waals surface area contributed by atoms with Crippen LogP contribution in [0.4, 0.5) is 5.69 Å². The lowest BCUT2D eigenvalue weighted by Gasteiger charge is -2.03. The van der Waals surface area contributed by atoms with Gasteiger partial charge in [0.05, 0.1) is 21.8 Å². The number of Topliss-reactive ketones (excluding diaryl/α,β-unsaturated/α-hetero) is 1. The second-order valence-electron chi connectivity index (χ2n) is 3.86. The van der Waals surface area contributed by atoms with Crippen molar-refractivity contribution >= 4 is 23.2 Å². The maximum atomic E-state index is 11.2. The molecule has 0 bridgehead atoms. The fraction of sp³-hybridized carbons (Fsp3) is 0.154. The van der Waals surface area contributed by atoms with Crippen molar-refractivity contribution < 1.29 is 14.1 Å². The summed E-state index contributed by atoms with van der Waals surface area (Å²) in [6, 6.07) is 8.08. The molecule has 0 unspecified atom stereocenters. The molecule has 6 heteroatoms. The zero-order valence-electron chi connectivity index (χ0n) is 10.2. The van der Waals surface area contributed by atoms with Crippen LogP contribution in [-0.2, 0) is 5.75 Å². The van der Waals surface area contributed by atoms with Crippen LogP contribution in [0.1, 0.15) is 23.0 Å². The first-order valence-corrected chi connectivity index (χ1v) is 6.51. The molecule has 1 aromatic heterocycles. The highest BCUT2D eigenvalue weighted by Crippen LogP contribution is 2.32. The number of thioether (sulfide) groups is 1. The number of benzene rings is 1. The summed E-state index contributed by atoms with van der Waals surface area (Å²) < 4.78 is 5.17. The summed E-state index contributed by atoms with van der Waals surface area (Å²) >= 11 is 1.31. The highest BCUT2D eigenvalue weighted by molar-refractivity contribution is 7.98. The number of rotatable bonds is 5. The standard InChI is InChI=1S/C13H11NO4S/c1-9(15)10-4-5-13(12(7-10)14(16)17)19-8-11-3-2-6-18-11/h2-7H,8H2,1H3. The first-order valence-electron chi connectivity index (χ1n) is 5.52. The van der Waals surface area contributed by atoms with Gasteiger partial charge in [0.1, 0.15) is 5.76 Å². The van der Waals surface area contributed by atoms with E-state index in [-0.39, 0.29) is 11.5 Å². The van der Waals surface area contributed by atoms with Crippen molar-refractivity contribution in [1.29, 1.82) is 0 Å². The Kier molecular flexibility index (Phi) is 4.01. The fourth-order valence-electron chi connectivity index (χ4n) is 1.54. The molecule has 0 aliphatic rings. The van der Waals surface area contributed by atoms with Crippen LogP contribution in [0.2, 0.25) is 0 Å². The third-order valence-corrected chi connectivity index (χ3v) is 3.60. The lowest BCUT2D eigenvalue weighted by atomic mass is 10.1. The molecule has 0 N–H and O–H groups in total. The van der Waals surface area contributed by atoms with Gasteiger partial charge < -0.3 is 4.42 Å². The van der Waals surface area contributed by atoms with E-state index in [0.717, 1.165) is 5.76 Å². The normalized spacial score (nSPS) is 10.4. The predicted molar refractivity (Wildman–Crippen MR) is 71.4 cm³/mol. The monoisotopic (exact) mass is 277 g/mol. The average molecular weight is 277 g/mol. The van der Waals surface area contributed by atoms with E-state index in [2.05, 4.69) is 0 Å². The SMILES string of the molecule is CC(=O)c1ccc(SCc2ccco2)c([N+](=O)[O-])c1. The molecule has 0 saturated heterocycles. The molecular formula is C13H11NO4S. The fourth-order valence-corrected chi connectivity index (χ4v) is 2.45. The highest BCUT2D eigenvalue weighted by Gasteiger charge is 2.16. The maximum absolute atomic E-state index is 11.2. The van der Waals surface area contributed by atoms with E-state index in [9.17, 15) is 14.9 Å². The van der Waals surface area contributed by atoms with Gasteiger partial charge in [-0.3, -0.25) is 14.9 Å². The van der Waals surface area contributed by atoms with E-state index in [1.807, 2.05) is 6.07 Å². The summed E-state index contributed by atoms with van der Waals surface area (Å²) in [4.78, 5) is 22.3. The van der Waals surface area contributed by atoms with Crippen LogP contribution in [-0.4, -0.2) is 10.7 Å². The van der Waals surface area contributed by atoms with Gasteiger partial charge in [-0.15, -0.1) is 11.8 Å². The zero-order chi connectivity index (χ0) is 13.8. The van der Waals surface area contributed by atoms with Crippen molar-refractivity contribution in [3.8, 4) is 0 Å². The first-order chi connectivity index (χ1) is 9.08. The van der Waals surface area contributed by atoms with Gasteiger partial charge >= 0.3 is 0 Å². The molecule has 98 valence electrons. The summed E-state index contributed by atoms with van der Waals surface area (Å²) in [6.07, 6.45) is 1.56. The van der Waals surface area contributed by atoms with E-state index >= 15 is 0 Å². The number of carbonyl (C=O) groups excluding carboxylic acids is 1. The van der Waals surface area contributed by atoms with Crippen LogP contribution >= 0.6 is 11.8 Å². The molecule has 2 rings (SSSR count). The van der Waals surface area contributed by atoms with Gasteiger partial charge in [-0.2, -0.15) is 0 Å². The third kappa shape index (κ3) is 3.23. The summed E-state index contributed by atoms with van der Waals surface area (Å²) in [5, 5.41) is 11.0. The van der Waals surface area contributed by atoms with Crippen LogP contribution < -0.4 is 0 Å². The molecule has 0 radical (unpaired) electrons. The number of nitro groups is 1. The van der Waals surface area contributed by atoms with Gasteiger partial charge in [0.15, 0.2) is 5.78 Å². The molecule has 19 heavy (non-hydrogen) atoms. The van der Waals surface area contributed by atoms with E-state index in [4.69, 9.17) is 4.42 Å². The van der Waals surface area contributed by atoms with E-state index < -0.39 is 4.92 Å². The summed E-state index contributed by atoms with van der Waals surface area (Å²) in [5.74, 6) is 1.06. The molecule has 1 aromatic carbocycles. The van der Waals surface area contributed by atoms with Gasteiger partial charge in [-0.1, -0.05) is 0 Å². The lowest BCUT2D eigenvalue weighted by molar-refractivity contribution is -0.387. The third-order valence-electron chi connectivity index (χ3n) is 2.51. The minimum atomic E-state index is -0.475. The van der Waals surface area contributed by atoms with Crippen molar-refractivity contribution in [2.24, 2.45) is 0 Å². The molecule has 0 aliphatic carbocycles. The molecule has 2 aromatic rings. The van der Waals surface area contributed by atoms with E-state index in [0.29, 0.717) is 16.2 Å². The minimum absolute atomic E-state index is 0.0516. The first kappa shape index (κ1) is 13.4. The maximum Gasteiger partial charge on any atom is 0.283 e. The largest absolute Gasteiger partial charge is 0.468 e. The average Bonchev–Trinajstić information content (AvgIpc) is 2.89. The number of nitrogens with zero attached hydrogens (tertiary/aromatic N) is 1. The number of ketones is 1. The van der Waals surface area contributed by atoms with Crippen LogP contribution in [0, 0.1) is 10.1 Å². The van der Waals surface area contributed by atoms with Crippen LogP contribution in [0.3, 0.4) is 0 Å².